The average Bonchev–Trinajstić information content (AvgIpc) is 0.841. The number of carbonyl (C=O) groups is 6. The molecule has 0 saturated heterocycles. The first kappa shape index (κ1) is 106. The van der Waals surface area contributed by atoms with Gasteiger partial charge in [-0.1, -0.05) is 76.8 Å². The second kappa shape index (κ2) is 52.4. The van der Waals surface area contributed by atoms with Crippen molar-refractivity contribution in [1.82, 2.24) is 69.8 Å². The molecule has 149 heavy (non-hydrogen) atoms. The summed E-state index contributed by atoms with van der Waals surface area (Å²) in [4.78, 5) is 127. The molecular weight excluding hydrogens is 1960 g/mol. The molecule has 0 aliphatic carbocycles. The van der Waals surface area contributed by atoms with Crippen LogP contribution in [0.2, 0.25) is 5.02 Å². The molecule has 0 saturated carbocycles. The Bertz CT molecular complexity index is 7610. The van der Waals surface area contributed by atoms with Crippen molar-refractivity contribution in [2.24, 2.45) is 0 Å². The first-order chi connectivity index (χ1) is 71.9. The summed E-state index contributed by atoms with van der Waals surface area (Å²) < 4.78 is 134. The third-order valence-electron chi connectivity index (χ3n) is 19.2. The van der Waals surface area contributed by atoms with Crippen LogP contribution in [0, 0.1) is 61.2 Å². The summed E-state index contributed by atoms with van der Waals surface area (Å²) in [5, 5.41) is 25.3. The van der Waals surface area contributed by atoms with Crippen molar-refractivity contribution in [2.75, 3.05) is 39.0 Å². The topological polar surface area (TPSA) is 443 Å². The van der Waals surface area contributed by atoms with Gasteiger partial charge in [0.25, 0.3) is 41.4 Å². The van der Waals surface area contributed by atoms with E-state index in [0.717, 1.165) is 53.1 Å². The third kappa shape index (κ3) is 34.2. The van der Waals surface area contributed by atoms with Gasteiger partial charge >= 0.3 is 0 Å². The molecule has 746 valence electrons. The number of aromatic nitrogens is 14. The zero-order valence-corrected chi connectivity index (χ0v) is 79.3. The van der Waals surface area contributed by atoms with Gasteiger partial charge in [0.2, 0.25) is 0 Å². The van der Waals surface area contributed by atoms with Crippen LogP contribution in [0.3, 0.4) is 0 Å². The molecule has 42 heteroatoms. The molecule has 0 aliphatic heterocycles. The van der Waals surface area contributed by atoms with Crippen LogP contribution in [-0.4, -0.2) is 112 Å². The number of carbonyl (C=O) groups excluding carboxylic acids is 6. The minimum Gasteiger partial charge on any atom is -0.497 e. The zero-order chi connectivity index (χ0) is 106. The molecule has 6 N–H and O–H groups in total. The number of anilines is 6. The maximum Gasteiger partial charge on any atom is 0.287 e. The van der Waals surface area contributed by atoms with E-state index in [1.807, 2.05) is 57.2 Å². The van der Waals surface area contributed by atoms with Gasteiger partial charge in [0, 0.05) is 135 Å². The van der Waals surface area contributed by atoms with E-state index >= 15 is 0 Å². The summed E-state index contributed by atoms with van der Waals surface area (Å²) in [6.45, 7) is 6.43. The molecule has 0 fully saturated rings. The molecule has 0 aliphatic rings. The Morgan fingerprint density at radius 1 is 0.315 bits per heavy atom. The van der Waals surface area contributed by atoms with Crippen LogP contribution >= 0.6 is 11.6 Å². The molecule has 0 bridgehead atoms. The maximum atomic E-state index is 13.8. The highest BCUT2D eigenvalue weighted by atomic mass is 35.5. The van der Waals surface area contributed by atoms with Crippen LogP contribution in [0.15, 0.2) is 355 Å². The van der Waals surface area contributed by atoms with E-state index in [9.17, 15) is 64.8 Å². The number of rotatable bonds is 26. The largest absolute Gasteiger partial charge is 0.497 e. The highest BCUT2D eigenvalue weighted by molar-refractivity contribution is 6.31. The first-order valence-electron chi connectivity index (χ1n) is 43.7. The zero-order valence-electron chi connectivity index (χ0n) is 78.5. The Morgan fingerprint density at radius 3 is 0.933 bits per heavy atom. The predicted molar refractivity (Wildman–Crippen MR) is 533 cm³/mol. The summed E-state index contributed by atoms with van der Waals surface area (Å²) in [5.74, 6) is -4.71. The molecule has 18 rings (SSSR count). The van der Waals surface area contributed by atoms with Crippen LogP contribution in [0.1, 0.15) is 97.3 Å². The summed E-state index contributed by atoms with van der Waals surface area (Å²) in [6, 6.07) is 61.4. The van der Waals surface area contributed by atoms with E-state index < -0.39 is 58.4 Å². The number of hydrogen-bond acceptors (Lipinski definition) is 28. The highest BCUT2D eigenvalue weighted by Gasteiger charge is 2.28. The number of amides is 6. The van der Waals surface area contributed by atoms with Crippen LogP contribution < -0.4 is 65.1 Å². The number of methoxy groups -OCH3 is 1. The van der Waals surface area contributed by atoms with Gasteiger partial charge in [-0.25, -0.2) is 91.7 Å². The number of ether oxygens (including phenoxy) is 7. The lowest BCUT2D eigenvalue weighted by molar-refractivity contribution is 0.0126. The summed E-state index contributed by atoms with van der Waals surface area (Å²) >= 11 is 6.11. The normalized spacial score (nSPS) is 10.3. The first-order valence-corrected chi connectivity index (χ1v) is 44.1. The van der Waals surface area contributed by atoms with E-state index in [1.165, 1.54) is 180 Å². The van der Waals surface area contributed by atoms with Crippen LogP contribution in [0.4, 0.5) is 64.9 Å². The van der Waals surface area contributed by atoms with Crippen LogP contribution in [0.5, 0.6) is 74.7 Å². The number of nitrogens with one attached hydrogen (secondary N) is 6. The lowest BCUT2D eigenvalue weighted by Gasteiger charge is -2.11. The molecule has 0 unspecified atom stereocenters. The number of hydrogen-bond donors (Lipinski definition) is 6. The van der Waals surface area contributed by atoms with E-state index in [0.29, 0.717) is 103 Å². The van der Waals surface area contributed by atoms with Crippen molar-refractivity contribution >= 4 is 81.2 Å². The third-order valence-corrected chi connectivity index (χ3v) is 19.4. The van der Waals surface area contributed by atoms with Crippen molar-refractivity contribution in [1.29, 1.82) is 5.26 Å². The van der Waals surface area contributed by atoms with Gasteiger partial charge in [-0.15, -0.1) is 0 Å². The van der Waals surface area contributed by atoms with E-state index in [4.69, 9.17) is 44.8 Å². The number of alkyl halides is 2. The Kier molecular flexibility index (Phi) is 37.3. The number of aryl methyl sites for hydroxylation is 3. The summed E-state index contributed by atoms with van der Waals surface area (Å²) in [7, 11) is 1.51. The molecular formula is C107H79ClF7N21O13. The fourth-order valence-electron chi connectivity index (χ4n) is 12.8. The fourth-order valence-corrected chi connectivity index (χ4v) is 13.0. The van der Waals surface area contributed by atoms with E-state index in [-0.39, 0.29) is 74.9 Å². The van der Waals surface area contributed by atoms with Crippen LogP contribution in [-0.2, 0) is 5.92 Å². The second-order valence-corrected chi connectivity index (χ2v) is 31.4. The molecule has 0 radical (unpaired) electrons. The molecule has 0 atom stereocenters. The van der Waals surface area contributed by atoms with Gasteiger partial charge in [0.05, 0.1) is 93.1 Å². The minimum absolute atomic E-state index is 0.0716. The monoisotopic (exact) mass is 2030 g/mol. The van der Waals surface area contributed by atoms with Gasteiger partial charge < -0.3 is 65.1 Å². The quantitative estimate of drug-likeness (QED) is 0.0274. The molecule has 18 aromatic rings. The Morgan fingerprint density at radius 2 is 0.611 bits per heavy atom. The Balaban J connectivity index is 0.000000149. The number of pyridine rings is 2. The Hall–Kier alpha value is -20.3. The lowest BCUT2D eigenvalue weighted by Crippen LogP contribution is -2.17. The predicted octanol–water partition coefficient (Wildman–Crippen LogP) is 23.2. The van der Waals surface area contributed by atoms with Gasteiger partial charge in [0.15, 0.2) is 46.0 Å². The van der Waals surface area contributed by atoms with Gasteiger partial charge in [-0.05, 0) is 148 Å². The molecule has 34 nitrogen and oxygen atoms in total. The lowest BCUT2D eigenvalue weighted by atomic mass is 10.1. The van der Waals surface area contributed by atoms with Gasteiger partial charge in [-0.3, -0.25) is 28.8 Å². The van der Waals surface area contributed by atoms with Crippen LogP contribution in [0.25, 0.3) is 0 Å². The average molecular weight is 2040 g/mol. The van der Waals surface area contributed by atoms with Crippen molar-refractivity contribution in [3.8, 4) is 80.8 Å². The molecule has 8 heterocycles. The standard InChI is InChI=1S/C19H14N4O2.C18H14ClN3O2.C18H13F3N4O2.C18H14FN3O3.C18H14FN3O2.C16H10F2N4O2/c1-13-3-2-4-15(5-13)19(24)23-16-6-14(9-20)7-17(8-16)25-18-10-21-12-22-11-18;1-12-3-2-4-13(5-12)18(23)22-15-6-14(19)7-16(8-15)24-17-9-20-11-21-10-17;1-18(20,21)16-4-2-3-15(25-16)17(26)24-12-5-11(19)6-13(7-12)27-14-8-22-10-23-9-14;1-24-15-4-2-3-12(5-15)18(23)22-14-6-13(19)7-16(8-14)25-17-9-20-11-21-10-17;1-12-3-2-4-13(5-12)18(23)22-15-6-14(19)7-16(8-15)24-17-9-20-11-21-10-17;17-10-4-11(22-16(23)15-14(18)2-1-3-21-15)6-12(5-10)24-13-7-19-9-20-8-13/h2-8,10-12H,1H3,(H,23,24);2-11H,1H3,(H,22,23);2-10H,1H3,(H,24,26);2-11H,1H3,(H,22,23);2-11H,1H3,(H,22,23);1-9H,(H,22,23). The molecule has 10 aromatic carbocycles. The SMILES string of the molecule is CC(F)(F)c1cccc(C(=O)Nc2cc(F)cc(Oc3cncnc3)c2)n1.COc1cccc(C(=O)Nc2cc(F)cc(Oc3cncnc3)c2)c1.Cc1cccc(C(=O)Nc2cc(C#N)cc(Oc3cncnc3)c2)c1.Cc1cccc(C(=O)Nc2cc(Cl)cc(Oc3cncnc3)c2)c1.Cc1cccc(C(=O)Nc2cc(F)cc(Oc3cncnc3)c2)c1.O=C(Nc1cc(F)cc(Oc2cncnc2)c1)c1ncccc1F. The minimum atomic E-state index is -3.19. The number of nitriles is 1. The van der Waals surface area contributed by atoms with Crippen molar-refractivity contribution in [3.63, 3.8) is 0 Å². The highest BCUT2D eigenvalue weighted by Crippen LogP contribution is 2.35. The number of halogens is 8. The van der Waals surface area contributed by atoms with Gasteiger partial charge in [-0.2, -0.15) is 14.0 Å². The summed E-state index contributed by atoms with van der Waals surface area (Å²) in [6.07, 6.45) is 27.0. The smallest absolute Gasteiger partial charge is 0.287 e. The van der Waals surface area contributed by atoms with E-state index in [1.54, 1.807) is 109 Å². The van der Waals surface area contributed by atoms with Gasteiger partial charge in [0.1, 0.15) is 113 Å². The fraction of sp³-hybridized carbons (Fsp3) is 0.0561. The Labute approximate surface area is 848 Å². The number of benzene rings is 10. The summed E-state index contributed by atoms with van der Waals surface area (Å²) in [5.41, 5.74) is 5.94. The molecule has 6 amide bonds. The molecule has 0 spiro atoms. The van der Waals surface area contributed by atoms with Crippen molar-refractivity contribution in [2.45, 2.75) is 33.6 Å². The van der Waals surface area contributed by atoms with Crippen molar-refractivity contribution < 1.29 is 92.7 Å². The van der Waals surface area contributed by atoms with Crippen molar-refractivity contribution in [3.05, 3.63) is 451 Å². The molecule has 8 aromatic heterocycles. The second-order valence-electron chi connectivity index (χ2n) is 31.0. The van der Waals surface area contributed by atoms with E-state index in [2.05, 4.69) is 108 Å². The number of nitrogens with zero attached hydrogens (tertiary/aromatic N) is 15. The maximum absolute atomic E-state index is 13.8.